The molecule has 86 valence electrons. The molecule has 1 heterocycles. The monoisotopic (exact) mass is 225 g/mol. The van der Waals surface area contributed by atoms with E-state index in [0.717, 1.165) is 0 Å². The van der Waals surface area contributed by atoms with Crippen LogP contribution in [-0.4, -0.2) is 27.5 Å². The molecule has 1 rings (SSSR count). The fraction of sp³-hybridized carbons (Fsp3) is 0.333. The van der Waals surface area contributed by atoms with Gasteiger partial charge in [0, 0.05) is 12.6 Å². The molecule has 0 bridgehead atoms. The highest BCUT2D eigenvalue weighted by atomic mass is 16.6. The molecule has 1 aromatic heterocycles. The molecule has 0 saturated heterocycles. The molecule has 16 heavy (non-hydrogen) atoms. The number of aromatic nitrogens is 1. The van der Waals surface area contributed by atoms with E-state index in [4.69, 9.17) is 5.11 Å². The predicted octanol–water partition coefficient (Wildman–Crippen LogP) is 1.12. The molecule has 0 fully saturated rings. The first kappa shape index (κ1) is 11.9. The van der Waals surface area contributed by atoms with Crippen LogP contribution >= 0.6 is 0 Å². The quantitative estimate of drug-likeness (QED) is 0.574. The van der Waals surface area contributed by atoms with E-state index in [1.165, 1.54) is 18.3 Å². The number of hydrogen-bond acceptors (Lipinski definition) is 5. The van der Waals surface area contributed by atoms with Crippen LogP contribution in [0.1, 0.15) is 6.92 Å². The highest BCUT2D eigenvalue weighted by Gasteiger charge is 2.11. The lowest BCUT2D eigenvalue weighted by molar-refractivity contribution is -0.389. The van der Waals surface area contributed by atoms with Crippen molar-refractivity contribution < 1.29 is 14.8 Å². The standard InChI is InChI=1S/C9H11N3O4/c1-6(9(13)14)4-10-7-2-3-8(11-5-7)12(15)16/h2-3,5-6,10H,4H2,1H3,(H,13,14). The number of carboxylic acids is 1. The Hall–Kier alpha value is -2.18. The second kappa shape index (κ2) is 5.06. The Morgan fingerprint density at radius 2 is 2.38 bits per heavy atom. The van der Waals surface area contributed by atoms with Crippen molar-refractivity contribution in [2.45, 2.75) is 6.92 Å². The van der Waals surface area contributed by atoms with Crippen LogP contribution in [-0.2, 0) is 4.79 Å². The Balaban J connectivity index is 2.56. The summed E-state index contributed by atoms with van der Waals surface area (Å²) < 4.78 is 0. The predicted molar refractivity (Wildman–Crippen MR) is 56.2 cm³/mol. The van der Waals surface area contributed by atoms with E-state index in [1.807, 2.05) is 0 Å². The van der Waals surface area contributed by atoms with Gasteiger partial charge in [0.1, 0.15) is 0 Å². The van der Waals surface area contributed by atoms with E-state index in [2.05, 4.69) is 10.3 Å². The molecule has 0 spiro atoms. The molecule has 1 unspecified atom stereocenters. The number of carbonyl (C=O) groups is 1. The van der Waals surface area contributed by atoms with E-state index in [-0.39, 0.29) is 12.4 Å². The second-order valence-corrected chi connectivity index (χ2v) is 3.28. The molecule has 7 heteroatoms. The van der Waals surface area contributed by atoms with Crippen LogP contribution in [0.15, 0.2) is 18.3 Å². The van der Waals surface area contributed by atoms with E-state index >= 15 is 0 Å². The van der Waals surface area contributed by atoms with Crippen molar-refractivity contribution in [3.05, 3.63) is 28.4 Å². The third-order valence-electron chi connectivity index (χ3n) is 1.97. The Bertz CT molecular complexity index is 390. The summed E-state index contributed by atoms with van der Waals surface area (Å²) in [5.41, 5.74) is 0.554. The maximum atomic E-state index is 10.5. The molecule has 1 atom stereocenters. The summed E-state index contributed by atoms with van der Waals surface area (Å²) in [6.07, 6.45) is 1.30. The smallest absolute Gasteiger partial charge is 0.363 e. The van der Waals surface area contributed by atoms with Gasteiger partial charge in [-0.3, -0.25) is 4.79 Å². The van der Waals surface area contributed by atoms with E-state index in [9.17, 15) is 14.9 Å². The van der Waals surface area contributed by atoms with Gasteiger partial charge >= 0.3 is 11.8 Å². The van der Waals surface area contributed by atoms with Crippen LogP contribution in [0.25, 0.3) is 0 Å². The molecule has 7 nitrogen and oxygen atoms in total. The van der Waals surface area contributed by atoms with Crippen LogP contribution in [0, 0.1) is 16.0 Å². The highest BCUT2D eigenvalue weighted by molar-refractivity contribution is 5.70. The van der Waals surface area contributed by atoms with Crippen LogP contribution in [0.3, 0.4) is 0 Å². The molecule has 0 radical (unpaired) electrons. The zero-order chi connectivity index (χ0) is 12.1. The lowest BCUT2D eigenvalue weighted by Gasteiger charge is -2.07. The number of rotatable bonds is 5. The first-order valence-electron chi connectivity index (χ1n) is 4.58. The van der Waals surface area contributed by atoms with Crippen molar-refractivity contribution in [3.8, 4) is 0 Å². The summed E-state index contributed by atoms with van der Waals surface area (Å²) in [5, 5.41) is 21.8. The second-order valence-electron chi connectivity index (χ2n) is 3.28. The van der Waals surface area contributed by atoms with Crippen molar-refractivity contribution >= 4 is 17.5 Å². The Kier molecular flexibility index (Phi) is 3.76. The largest absolute Gasteiger partial charge is 0.481 e. The molecule has 0 saturated carbocycles. The summed E-state index contributed by atoms with van der Waals surface area (Å²) in [7, 11) is 0. The third-order valence-corrected chi connectivity index (χ3v) is 1.97. The van der Waals surface area contributed by atoms with Gasteiger partial charge in [-0.2, -0.15) is 0 Å². The summed E-state index contributed by atoms with van der Waals surface area (Å²) in [6, 6.07) is 2.74. The van der Waals surface area contributed by atoms with Crippen LogP contribution in [0.5, 0.6) is 0 Å². The average Bonchev–Trinajstić information content (AvgIpc) is 2.26. The van der Waals surface area contributed by atoms with Crippen LogP contribution in [0.2, 0.25) is 0 Å². The number of anilines is 1. The Labute approximate surface area is 91.3 Å². The number of nitro groups is 1. The molecular formula is C9H11N3O4. The van der Waals surface area contributed by atoms with Crippen LogP contribution < -0.4 is 5.32 Å². The highest BCUT2D eigenvalue weighted by Crippen LogP contribution is 2.11. The minimum absolute atomic E-state index is 0.239. The zero-order valence-electron chi connectivity index (χ0n) is 8.58. The van der Waals surface area contributed by atoms with Gasteiger partial charge < -0.3 is 20.5 Å². The third kappa shape index (κ3) is 3.19. The lowest BCUT2D eigenvalue weighted by atomic mass is 10.2. The van der Waals surface area contributed by atoms with Crippen molar-refractivity contribution in [3.63, 3.8) is 0 Å². The van der Waals surface area contributed by atoms with Crippen molar-refractivity contribution in [1.82, 2.24) is 4.98 Å². The van der Waals surface area contributed by atoms with E-state index < -0.39 is 16.8 Å². The summed E-state index contributed by atoms with van der Waals surface area (Å²) in [6.45, 7) is 1.81. The normalized spacial score (nSPS) is 11.8. The molecule has 0 aliphatic heterocycles. The summed E-state index contributed by atoms with van der Waals surface area (Å²) in [5.74, 6) is -1.67. The number of nitrogens with one attached hydrogen (secondary N) is 1. The molecule has 2 N–H and O–H groups in total. The van der Waals surface area contributed by atoms with E-state index in [0.29, 0.717) is 5.69 Å². The van der Waals surface area contributed by atoms with Gasteiger partial charge in [-0.25, -0.2) is 0 Å². The van der Waals surface area contributed by atoms with Crippen LogP contribution in [0.4, 0.5) is 11.5 Å². The Morgan fingerprint density at radius 1 is 1.69 bits per heavy atom. The number of hydrogen-bond donors (Lipinski definition) is 2. The molecule has 0 amide bonds. The SMILES string of the molecule is CC(CNc1ccc([N+](=O)[O-])nc1)C(=O)O. The van der Waals surface area contributed by atoms with Crippen molar-refractivity contribution in [2.24, 2.45) is 5.92 Å². The van der Waals surface area contributed by atoms with E-state index in [1.54, 1.807) is 6.92 Å². The number of nitrogens with zero attached hydrogens (tertiary/aromatic N) is 2. The minimum atomic E-state index is -0.901. The molecule has 1 aromatic rings. The summed E-state index contributed by atoms with van der Waals surface area (Å²) >= 11 is 0. The Morgan fingerprint density at radius 3 is 2.81 bits per heavy atom. The fourth-order valence-electron chi connectivity index (χ4n) is 0.957. The maximum Gasteiger partial charge on any atom is 0.363 e. The van der Waals surface area contributed by atoms with Gasteiger partial charge in [-0.05, 0) is 16.0 Å². The lowest BCUT2D eigenvalue weighted by Crippen LogP contribution is -2.19. The maximum absolute atomic E-state index is 10.5. The van der Waals surface area contributed by atoms with Gasteiger partial charge in [0.05, 0.1) is 11.6 Å². The molecule has 0 aliphatic carbocycles. The fourth-order valence-corrected chi connectivity index (χ4v) is 0.957. The van der Waals surface area contributed by atoms with Gasteiger partial charge in [0.2, 0.25) is 0 Å². The number of pyridine rings is 1. The number of carboxylic acid groups (broad SMARTS) is 1. The van der Waals surface area contributed by atoms with Gasteiger partial charge in [0.25, 0.3) is 0 Å². The minimum Gasteiger partial charge on any atom is -0.481 e. The zero-order valence-corrected chi connectivity index (χ0v) is 8.58. The first-order valence-corrected chi connectivity index (χ1v) is 4.58. The molecular weight excluding hydrogens is 214 g/mol. The topological polar surface area (TPSA) is 105 Å². The van der Waals surface area contributed by atoms with Gasteiger partial charge in [0.15, 0.2) is 6.20 Å². The van der Waals surface area contributed by atoms with Gasteiger partial charge in [-0.15, -0.1) is 0 Å². The molecule has 0 aliphatic rings. The summed E-state index contributed by atoms with van der Waals surface area (Å²) in [4.78, 5) is 23.8. The number of aliphatic carboxylic acids is 1. The van der Waals surface area contributed by atoms with Crippen molar-refractivity contribution in [1.29, 1.82) is 0 Å². The molecule has 0 aromatic carbocycles. The average molecular weight is 225 g/mol. The van der Waals surface area contributed by atoms with Gasteiger partial charge in [-0.1, -0.05) is 6.92 Å². The first-order chi connectivity index (χ1) is 7.50. The van der Waals surface area contributed by atoms with Crippen molar-refractivity contribution in [2.75, 3.05) is 11.9 Å².